The van der Waals surface area contributed by atoms with Crippen molar-refractivity contribution in [1.29, 1.82) is 0 Å². The predicted molar refractivity (Wildman–Crippen MR) is 123 cm³/mol. The normalized spacial score (nSPS) is 17.8. The van der Waals surface area contributed by atoms with Crippen LogP contribution in [0.2, 0.25) is 0 Å². The number of halogens is 3. The molecule has 1 saturated heterocycles. The van der Waals surface area contributed by atoms with Crippen molar-refractivity contribution in [2.75, 3.05) is 42.2 Å². The van der Waals surface area contributed by atoms with Crippen molar-refractivity contribution >= 4 is 35.0 Å². The second-order valence-corrected chi connectivity index (χ2v) is 8.99. The molecule has 0 saturated carbocycles. The largest absolute Gasteiger partial charge is 0.421 e. The summed E-state index contributed by atoms with van der Waals surface area (Å²) in [5.41, 5.74) is 1.01. The third kappa shape index (κ3) is 6.18. The summed E-state index contributed by atoms with van der Waals surface area (Å²) in [6.45, 7) is 5.01. The Labute approximate surface area is 200 Å². The summed E-state index contributed by atoms with van der Waals surface area (Å²) in [7, 11) is 0. The molecule has 2 amide bonds. The van der Waals surface area contributed by atoms with Gasteiger partial charge in [0.15, 0.2) is 0 Å². The van der Waals surface area contributed by atoms with Gasteiger partial charge in [-0.05, 0) is 29.7 Å². The van der Waals surface area contributed by atoms with Crippen LogP contribution in [0.3, 0.4) is 0 Å². The summed E-state index contributed by atoms with van der Waals surface area (Å²) in [4.78, 5) is 33.5. The van der Waals surface area contributed by atoms with Crippen LogP contribution in [0.4, 0.5) is 36.3 Å². The number of nitrogens with zero attached hydrogens (tertiary/aromatic N) is 3. The number of hydrogen-bond acceptors (Lipinski definition) is 7. The van der Waals surface area contributed by atoms with Gasteiger partial charge in [0, 0.05) is 43.6 Å². The Balaban J connectivity index is 1.46. The zero-order valence-electron chi connectivity index (χ0n) is 19.4. The minimum atomic E-state index is -4.66. The van der Waals surface area contributed by atoms with Crippen molar-refractivity contribution in [3.05, 3.63) is 35.5 Å². The second kappa shape index (κ2) is 10.1. The number of aromatic nitrogens is 2. The summed E-state index contributed by atoms with van der Waals surface area (Å²) in [6, 6.07) is 5.11. The maximum Gasteiger partial charge on any atom is 0.421 e. The van der Waals surface area contributed by atoms with Crippen LogP contribution in [0.1, 0.15) is 31.4 Å². The van der Waals surface area contributed by atoms with E-state index in [1.807, 2.05) is 13.8 Å². The SMILES string of the molecule is CC(C)CC(=O)N1CCOC(CNc2nc(Nc3ccc4c(c3)CC(=O)N4)ncc2C(F)(F)F)C1. The van der Waals surface area contributed by atoms with E-state index in [-0.39, 0.29) is 49.0 Å². The molecule has 0 bridgehead atoms. The number of carbonyl (C=O) groups excluding carboxylic acids is 2. The number of benzene rings is 1. The maximum absolute atomic E-state index is 13.6. The average molecular weight is 493 g/mol. The first-order valence-electron chi connectivity index (χ1n) is 11.4. The zero-order chi connectivity index (χ0) is 25.2. The molecule has 1 aromatic carbocycles. The Hall–Kier alpha value is -3.41. The van der Waals surface area contributed by atoms with Gasteiger partial charge in [-0.1, -0.05) is 13.8 Å². The molecule has 2 aliphatic rings. The van der Waals surface area contributed by atoms with Gasteiger partial charge in [0.1, 0.15) is 11.4 Å². The molecule has 188 valence electrons. The van der Waals surface area contributed by atoms with Gasteiger partial charge >= 0.3 is 6.18 Å². The molecule has 0 radical (unpaired) electrons. The molecule has 1 unspecified atom stereocenters. The van der Waals surface area contributed by atoms with Gasteiger partial charge < -0.3 is 25.6 Å². The van der Waals surface area contributed by atoms with Crippen molar-refractivity contribution in [3.63, 3.8) is 0 Å². The lowest BCUT2D eigenvalue weighted by molar-refractivity contribution is -0.139. The van der Waals surface area contributed by atoms with Gasteiger partial charge in [-0.3, -0.25) is 9.59 Å². The number of fused-ring (bicyclic) bond motifs is 1. The first-order chi connectivity index (χ1) is 16.6. The fourth-order valence-corrected chi connectivity index (χ4v) is 3.98. The maximum atomic E-state index is 13.6. The molecule has 0 spiro atoms. The van der Waals surface area contributed by atoms with Crippen molar-refractivity contribution in [2.45, 2.75) is 39.0 Å². The topological polar surface area (TPSA) is 108 Å². The Morgan fingerprint density at radius 3 is 2.89 bits per heavy atom. The molecule has 1 aromatic heterocycles. The molecule has 2 aromatic rings. The van der Waals surface area contributed by atoms with E-state index in [9.17, 15) is 22.8 Å². The van der Waals surface area contributed by atoms with Gasteiger partial charge in [-0.25, -0.2) is 4.98 Å². The van der Waals surface area contributed by atoms with Crippen LogP contribution in [-0.2, 0) is 26.9 Å². The molecular formula is C23H27F3N6O3. The fourth-order valence-electron chi connectivity index (χ4n) is 3.98. The van der Waals surface area contributed by atoms with Gasteiger partial charge in [-0.15, -0.1) is 0 Å². The van der Waals surface area contributed by atoms with E-state index in [0.29, 0.717) is 30.9 Å². The number of alkyl halides is 3. The smallest absolute Gasteiger partial charge is 0.373 e. The molecule has 2 aliphatic heterocycles. The predicted octanol–water partition coefficient (Wildman–Crippen LogP) is 3.42. The van der Waals surface area contributed by atoms with Crippen molar-refractivity contribution in [3.8, 4) is 0 Å². The van der Waals surface area contributed by atoms with Crippen molar-refractivity contribution < 1.29 is 27.5 Å². The number of ether oxygens (including phenoxy) is 1. The van der Waals surface area contributed by atoms with Gasteiger partial charge in [-0.2, -0.15) is 18.2 Å². The van der Waals surface area contributed by atoms with E-state index >= 15 is 0 Å². The Morgan fingerprint density at radius 1 is 1.34 bits per heavy atom. The highest BCUT2D eigenvalue weighted by molar-refractivity contribution is 5.99. The summed E-state index contributed by atoms with van der Waals surface area (Å²) in [5.74, 6) is -0.322. The van der Waals surface area contributed by atoms with E-state index in [1.54, 1.807) is 23.1 Å². The molecule has 9 nitrogen and oxygen atoms in total. The van der Waals surface area contributed by atoms with E-state index < -0.39 is 17.8 Å². The monoisotopic (exact) mass is 492 g/mol. The number of amides is 2. The number of morpholine rings is 1. The lowest BCUT2D eigenvalue weighted by Gasteiger charge is -2.33. The summed E-state index contributed by atoms with van der Waals surface area (Å²) >= 11 is 0. The molecule has 3 N–H and O–H groups in total. The lowest BCUT2D eigenvalue weighted by Crippen LogP contribution is -2.48. The van der Waals surface area contributed by atoms with Crippen LogP contribution in [0.15, 0.2) is 24.4 Å². The van der Waals surface area contributed by atoms with Gasteiger partial charge in [0.25, 0.3) is 0 Å². The standard InChI is InChI=1S/C23H27F3N6O3/c1-13(2)7-20(34)32-5-6-35-16(12-32)10-27-21-17(23(24,25)26)11-28-22(31-21)29-15-3-4-18-14(8-15)9-19(33)30-18/h3-4,8,11,13,16H,5-7,9-10,12H2,1-2H3,(H,30,33)(H2,27,28,29,31). The van der Waals surface area contributed by atoms with Crippen LogP contribution in [0.5, 0.6) is 0 Å². The van der Waals surface area contributed by atoms with E-state index in [0.717, 1.165) is 11.8 Å². The van der Waals surface area contributed by atoms with Crippen LogP contribution in [0, 0.1) is 5.92 Å². The second-order valence-electron chi connectivity index (χ2n) is 8.99. The van der Waals surface area contributed by atoms with E-state index in [1.165, 1.54) is 0 Å². The Bertz CT molecular complexity index is 1110. The highest BCUT2D eigenvalue weighted by Gasteiger charge is 2.36. The minimum Gasteiger partial charge on any atom is -0.373 e. The van der Waals surface area contributed by atoms with Crippen LogP contribution in [-0.4, -0.2) is 59.0 Å². The van der Waals surface area contributed by atoms with Gasteiger partial charge in [0.05, 0.1) is 19.1 Å². The lowest BCUT2D eigenvalue weighted by atomic mass is 10.1. The van der Waals surface area contributed by atoms with Crippen LogP contribution >= 0.6 is 0 Å². The fraction of sp³-hybridized carbons (Fsp3) is 0.478. The molecule has 35 heavy (non-hydrogen) atoms. The molecule has 12 heteroatoms. The summed E-state index contributed by atoms with van der Waals surface area (Å²) in [6.07, 6.45) is -3.78. The Morgan fingerprint density at radius 2 is 2.14 bits per heavy atom. The number of rotatable bonds is 7. The first kappa shape index (κ1) is 24.7. The van der Waals surface area contributed by atoms with E-state index in [4.69, 9.17) is 4.74 Å². The highest BCUT2D eigenvalue weighted by Crippen LogP contribution is 2.34. The number of hydrogen-bond donors (Lipinski definition) is 3. The molecule has 4 rings (SSSR count). The molecule has 0 aliphatic carbocycles. The molecule has 1 atom stereocenters. The van der Waals surface area contributed by atoms with Crippen molar-refractivity contribution in [2.24, 2.45) is 5.92 Å². The average Bonchev–Trinajstić information content (AvgIpc) is 3.16. The van der Waals surface area contributed by atoms with Crippen molar-refractivity contribution in [1.82, 2.24) is 14.9 Å². The third-order valence-corrected chi connectivity index (χ3v) is 5.65. The molecule has 3 heterocycles. The molecule has 1 fully saturated rings. The quantitative estimate of drug-likeness (QED) is 0.544. The first-order valence-corrected chi connectivity index (χ1v) is 11.4. The number of anilines is 4. The summed E-state index contributed by atoms with van der Waals surface area (Å²) < 4.78 is 46.4. The van der Waals surface area contributed by atoms with Crippen LogP contribution < -0.4 is 16.0 Å². The number of nitrogens with one attached hydrogen (secondary N) is 3. The molecular weight excluding hydrogens is 465 g/mol. The highest BCUT2D eigenvalue weighted by atomic mass is 19.4. The number of carbonyl (C=O) groups is 2. The van der Waals surface area contributed by atoms with E-state index in [2.05, 4.69) is 25.9 Å². The Kier molecular flexibility index (Phi) is 7.10. The minimum absolute atomic E-state index is 0.00375. The van der Waals surface area contributed by atoms with Gasteiger partial charge in [0.2, 0.25) is 17.8 Å². The van der Waals surface area contributed by atoms with Crippen LogP contribution in [0.25, 0.3) is 0 Å². The third-order valence-electron chi connectivity index (χ3n) is 5.65. The zero-order valence-corrected chi connectivity index (χ0v) is 19.4. The summed E-state index contributed by atoms with van der Waals surface area (Å²) in [5, 5.41) is 8.35.